The lowest BCUT2D eigenvalue weighted by atomic mass is 9.81. The van der Waals surface area contributed by atoms with E-state index < -0.39 is 11.9 Å². The molecule has 1 heterocycles. The summed E-state index contributed by atoms with van der Waals surface area (Å²) in [5, 5.41) is 16.9. The molecule has 2 aliphatic rings. The summed E-state index contributed by atoms with van der Waals surface area (Å²) in [6, 6.07) is 6.07. The third-order valence-electron chi connectivity index (χ3n) is 5.06. The van der Waals surface area contributed by atoms with E-state index in [1.54, 1.807) is 0 Å². The van der Waals surface area contributed by atoms with E-state index in [-0.39, 0.29) is 0 Å². The van der Waals surface area contributed by atoms with E-state index in [0.717, 1.165) is 38.6 Å². The van der Waals surface area contributed by atoms with Crippen LogP contribution in [0.4, 0.5) is 0 Å². The molecule has 0 spiro atoms. The average Bonchev–Trinajstić information content (AvgIpc) is 3.48. The zero-order valence-electron chi connectivity index (χ0n) is 16.4. The Balaban J connectivity index is 0.000000321. The van der Waals surface area contributed by atoms with Gasteiger partial charge in [-0.05, 0) is 62.4 Å². The topological polar surface area (TPSA) is 87.1 Å². The zero-order valence-corrected chi connectivity index (χ0v) is 17.9. The van der Waals surface area contributed by atoms with E-state index in [9.17, 15) is 9.59 Å². The lowest BCUT2D eigenvalue weighted by Crippen LogP contribution is -2.39. The van der Waals surface area contributed by atoms with Gasteiger partial charge in [-0.3, -0.25) is 0 Å². The summed E-state index contributed by atoms with van der Waals surface area (Å²) < 4.78 is 5.97. The minimum atomic E-state index is -1.26. The number of carboxylic acid groups (broad SMARTS) is 2. The average molecular weight is 444 g/mol. The maximum atomic E-state index is 9.55. The number of halogens is 2. The van der Waals surface area contributed by atoms with Gasteiger partial charge in [-0.25, -0.2) is 9.59 Å². The molecule has 2 fully saturated rings. The Morgan fingerprint density at radius 2 is 1.76 bits per heavy atom. The van der Waals surface area contributed by atoms with Crippen molar-refractivity contribution in [2.75, 3.05) is 33.4 Å². The van der Waals surface area contributed by atoms with Crippen molar-refractivity contribution < 1.29 is 24.5 Å². The third kappa shape index (κ3) is 8.74. The van der Waals surface area contributed by atoms with Crippen LogP contribution in [0.2, 0.25) is 10.0 Å². The number of carbonyl (C=O) groups is 2. The fraction of sp³-hybridized carbons (Fsp3) is 0.524. The molecule has 0 amide bonds. The van der Waals surface area contributed by atoms with Gasteiger partial charge in [0.15, 0.2) is 0 Å². The van der Waals surface area contributed by atoms with E-state index >= 15 is 0 Å². The highest BCUT2D eigenvalue weighted by molar-refractivity contribution is 6.42. The number of likely N-dealkylation sites (tertiary alicyclic amines) is 1. The molecule has 0 radical (unpaired) electrons. The zero-order chi connectivity index (χ0) is 21.4. The first-order valence-electron chi connectivity index (χ1n) is 9.61. The lowest BCUT2D eigenvalue weighted by molar-refractivity contribution is -0.134. The monoisotopic (exact) mass is 443 g/mol. The number of hydrogen-bond acceptors (Lipinski definition) is 4. The van der Waals surface area contributed by atoms with Gasteiger partial charge in [0.05, 0.1) is 16.7 Å². The molecule has 1 aromatic rings. The van der Waals surface area contributed by atoms with E-state index in [0.29, 0.717) is 34.0 Å². The number of ether oxygens (including phenoxy) is 1. The summed E-state index contributed by atoms with van der Waals surface area (Å²) in [6.07, 6.45) is 4.97. The van der Waals surface area contributed by atoms with Crippen LogP contribution in [0.3, 0.4) is 0 Å². The van der Waals surface area contributed by atoms with Crippen LogP contribution in [0.15, 0.2) is 30.4 Å². The quantitative estimate of drug-likeness (QED) is 0.614. The Labute approximate surface area is 181 Å². The van der Waals surface area contributed by atoms with Crippen molar-refractivity contribution in [1.82, 2.24) is 4.90 Å². The van der Waals surface area contributed by atoms with Crippen molar-refractivity contribution in [3.63, 3.8) is 0 Å². The molecular weight excluding hydrogens is 417 g/mol. The number of aliphatic carboxylic acids is 2. The first-order valence-corrected chi connectivity index (χ1v) is 10.4. The SMILES string of the molecule is CN1CC[C@@H](c2ccc(Cl)c(Cl)c2)[C@@H](COCC2CC2)C1.O=C(O)/C=C/C(=O)O. The van der Waals surface area contributed by atoms with Crippen molar-refractivity contribution in [3.8, 4) is 0 Å². The number of hydrogen-bond donors (Lipinski definition) is 2. The first-order chi connectivity index (χ1) is 13.8. The van der Waals surface area contributed by atoms with Crippen molar-refractivity contribution >= 4 is 35.1 Å². The molecule has 160 valence electrons. The molecule has 0 aromatic heterocycles. The second kappa shape index (κ2) is 11.6. The number of rotatable bonds is 7. The van der Waals surface area contributed by atoms with Gasteiger partial charge >= 0.3 is 11.9 Å². The molecule has 6 nitrogen and oxygen atoms in total. The Bertz CT molecular complexity index is 720. The van der Waals surface area contributed by atoms with Crippen LogP contribution in [0.1, 0.15) is 30.7 Å². The Kier molecular flexibility index (Phi) is 9.43. The smallest absolute Gasteiger partial charge is 0.328 e. The van der Waals surface area contributed by atoms with E-state index in [2.05, 4.69) is 18.0 Å². The normalized spacial score (nSPS) is 22.2. The lowest BCUT2D eigenvalue weighted by Gasteiger charge is -2.37. The summed E-state index contributed by atoms with van der Waals surface area (Å²) in [7, 11) is 2.19. The molecule has 1 aliphatic carbocycles. The third-order valence-corrected chi connectivity index (χ3v) is 5.80. The second-order valence-corrected chi connectivity index (χ2v) is 8.40. The highest BCUT2D eigenvalue weighted by Crippen LogP contribution is 2.36. The molecule has 2 N–H and O–H groups in total. The van der Waals surface area contributed by atoms with Crippen molar-refractivity contribution in [2.45, 2.75) is 25.2 Å². The standard InChI is InChI=1S/C17H23Cl2NO.C4H4O4/c1-20-7-6-15(13-4-5-16(18)17(19)8-13)14(9-20)11-21-10-12-2-3-12;5-3(6)1-2-4(7)8/h4-5,8,12,14-15H,2-3,6-7,9-11H2,1H3;1-2H,(H,5,6)(H,7,8)/b;2-1+/t14-,15+;/m1./s1. The molecule has 0 unspecified atom stereocenters. The predicted molar refractivity (Wildman–Crippen MR) is 113 cm³/mol. The van der Waals surface area contributed by atoms with E-state index in [1.165, 1.54) is 18.4 Å². The minimum Gasteiger partial charge on any atom is -0.478 e. The molecule has 1 saturated carbocycles. The van der Waals surface area contributed by atoms with E-state index in [1.807, 2.05) is 12.1 Å². The van der Waals surface area contributed by atoms with Crippen LogP contribution < -0.4 is 0 Å². The van der Waals surface area contributed by atoms with Gasteiger partial charge in [0.2, 0.25) is 0 Å². The molecule has 8 heteroatoms. The van der Waals surface area contributed by atoms with Crippen LogP contribution in [0.5, 0.6) is 0 Å². The van der Waals surface area contributed by atoms with Crippen molar-refractivity contribution in [3.05, 3.63) is 46.0 Å². The molecule has 1 aromatic carbocycles. The number of benzene rings is 1. The minimum absolute atomic E-state index is 0.523. The van der Waals surface area contributed by atoms with Gasteiger partial charge in [-0.15, -0.1) is 0 Å². The number of piperidine rings is 1. The Hall–Kier alpha value is -1.60. The van der Waals surface area contributed by atoms with Crippen molar-refractivity contribution in [1.29, 1.82) is 0 Å². The molecule has 0 bridgehead atoms. The highest BCUT2D eigenvalue weighted by atomic mass is 35.5. The fourth-order valence-corrected chi connectivity index (χ4v) is 3.68. The van der Waals surface area contributed by atoms with Gasteiger partial charge in [0.25, 0.3) is 0 Å². The van der Waals surface area contributed by atoms with Crippen LogP contribution in [0, 0.1) is 11.8 Å². The van der Waals surface area contributed by atoms with Crippen molar-refractivity contribution in [2.24, 2.45) is 11.8 Å². The van der Waals surface area contributed by atoms with Gasteiger partial charge in [-0.1, -0.05) is 29.3 Å². The molecular formula is C21H27Cl2NO5. The maximum absolute atomic E-state index is 9.55. The van der Waals surface area contributed by atoms with Crippen LogP contribution in [0.25, 0.3) is 0 Å². The molecule has 2 atom stereocenters. The summed E-state index contributed by atoms with van der Waals surface area (Å²) in [5.41, 5.74) is 1.30. The number of carboxylic acids is 2. The summed E-state index contributed by atoms with van der Waals surface area (Å²) in [6.45, 7) is 4.01. The largest absolute Gasteiger partial charge is 0.478 e. The molecule has 3 rings (SSSR count). The van der Waals surface area contributed by atoms with Gasteiger partial charge in [0.1, 0.15) is 0 Å². The summed E-state index contributed by atoms with van der Waals surface area (Å²) >= 11 is 12.2. The van der Waals surface area contributed by atoms with Gasteiger partial charge in [0, 0.05) is 31.2 Å². The highest BCUT2D eigenvalue weighted by Gasteiger charge is 2.30. The Morgan fingerprint density at radius 1 is 1.10 bits per heavy atom. The molecule has 29 heavy (non-hydrogen) atoms. The van der Waals surface area contributed by atoms with Crippen LogP contribution in [-0.4, -0.2) is 60.4 Å². The summed E-state index contributed by atoms with van der Waals surface area (Å²) in [4.78, 5) is 21.5. The van der Waals surface area contributed by atoms with E-state index in [4.69, 9.17) is 38.2 Å². The maximum Gasteiger partial charge on any atom is 0.328 e. The van der Waals surface area contributed by atoms with Gasteiger partial charge in [-0.2, -0.15) is 0 Å². The fourth-order valence-electron chi connectivity index (χ4n) is 3.38. The Morgan fingerprint density at radius 3 is 2.31 bits per heavy atom. The summed E-state index contributed by atoms with van der Waals surface area (Å²) in [5.74, 6) is -0.621. The van der Waals surface area contributed by atoms with Crippen LogP contribution in [-0.2, 0) is 14.3 Å². The predicted octanol–water partition coefficient (Wildman–Crippen LogP) is 4.17. The van der Waals surface area contributed by atoms with Gasteiger partial charge < -0.3 is 19.8 Å². The van der Waals surface area contributed by atoms with Crippen LogP contribution >= 0.6 is 23.2 Å². The molecule has 1 saturated heterocycles. The molecule has 1 aliphatic heterocycles. The number of nitrogens with zero attached hydrogens (tertiary/aromatic N) is 1. The second-order valence-electron chi connectivity index (χ2n) is 7.58. The first kappa shape index (κ1) is 23.7.